The number of hydrogen-bond acceptors (Lipinski definition) is 4. The molecule has 1 unspecified atom stereocenters. The summed E-state index contributed by atoms with van der Waals surface area (Å²) in [6.07, 6.45) is 0. The third-order valence-corrected chi connectivity index (χ3v) is 7.95. The first kappa shape index (κ1) is 25.0. The number of hydrogen-bond donors (Lipinski definition) is 1. The second kappa shape index (κ2) is 9.89. The molecule has 0 bridgehead atoms. The summed E-state index contributed by atoms with van der Waals surface area (Å²) >= 11 is 0. The van der Waals surface area contributed by atoms with E-state index in [1.807, 2.05) is 41.1 Å². The summed E-state index contributed by atoms with van der Waals surface area (Å²) in [7, 11) is 0. The number of para-hydroxylation sites is 4. The van der Waals surface area contributed by atoms with Crippen molar-refractivity contribution in [3.63, 3.8) is 0 Å². The molecule has 0 amide bonds. The minimum absolute atomic E-state index is 0.138. The number of benzene rings is 4. The molecular formula is C35H32N6. The van der Waals surface area contributed by atoms with Crippen LogP contribution < -0.4 is 10.2 Å². The van der Waals surface area contributed by atoms with E-state index in [9.17, 15) is 0 Å². The van der Waals surface area contributed by atoms with Crippen molar-refractivity contribution < 1.29 is 0 Å². The summed E-state index contributed by atoms with van der Waals surface area (Å²) in [4.78, 5) is 12.8. The molecule has 0 spiro atoms. The van der Waals surface area contributed by atoms with E-state index in [0.29, 0.717) is 11.8 Å². The molecule has 202 valence electrons. The van der Waals surface area contributed by atoms with Crippen LogP contribution in [0.5, 0.6) is 0 Å². The number of nitrogens with one attached hydrogen (secondary N) is 1. The number of aliphatic imine (C=N–C) groups is 2. The molecule has 5 aromatic rings. The molecule has 4 aromatic carbocycles. The average Bonchev–Trinajstić information content (AvgIpc) is 3.33. The number of fused-ring (bicyclic) bond motifs is 4. The zero-order valence-electron chi connectivity index (χ0n) is 23.7. The highest BCUT2D eigenvalue weighted by molar-refractivity contribution is 6.52. The van der Waals surface area contributed by atoms with E-state index in [1.54, 1.807) is 0 Å². The maximum atomic E-state index is 5.34. The van der Waals surface area contributed by atoms with E-state index in [4.69, 9.17) is 15.1 Å². The average molecular weight is 537 g/mol. The van der Waals surface area contributed by atoms with Crippen LogP contribution in [0.3, 0.4) is 0 Å². The summed E-state index contributed by atoms with van der Waals surface area (Å²) < 4.78 is 1.97. The number of amidine groups is 2. The Kier molecular flexibility index (Phi) is 6.04. The summed E-state index contributed by atoms with van der Waals surface area (Å²) in [5.74, 6) is 2.77. The van der Waals surface area contributed by atoms with Crippen molar-refractivity contribution in [2.45, 2.75) is 39.7 Å². The molecular weight excluding hydrogens is 504 g/mol. The van der Waals surface area contributed by atoms with Crippen molar-refractivity contribution in [2.24, 2.45) is 9.98 Å². The van der Waals surface area contributed by atoms with Gasteiger partial charge in [0.05, 0.1) is 34.5 Å². The fourth-order valence-corrected chi connectivity index (χ4v) is 5.77. The molecule has 2 aliphatic heterocycles. The molecule has 2 aliphatic rings. The van der Waals surface area contributed by atoms with Gasteiger partial charge in [-0.05, 0) is 66.8 Å². The molecule has 1 atom stereocenters. The molecule has 3 heterocycles. The maximum Gasteiger partial charge on any atom is 0.179 e. The predicted octanol–water partition coefficient (Wildman–Crippen LogP) is 8.41. The molecule has 0 saturated carbocycles. The van der Waals surface area contributed by atoms with Gasteiger partial charge >= 0.3 is 0 Å². The zero-order valence-corrected chi connectivity index (χ0v) is 23.7. The highest BCUT2D eigenvalue weighted by Crippen LogP contribution is 2.48. The lowest BCUT2D eigenvalue weighted by Gasteiger charge is -2.42. The van der Waals surface area contributed by atoms with Gasteiger partial charge in [-0.15, -0.1) is 0 Å². The lowest BCUT2D eigenvalue weighted by Crippen LogP contribution is -2.48. The molecule has 41 heavy (non-hydrogen) atoms. The molecule has 1 N–H and O–H groups in total. The number of aromatic nitrogens is 2. The Bertz CT molecular complexity index is 1810. The topological polar surface area (TPSA) is 57.8 Å². The summed E-state index contributed by atoms with van der Waals surface area (Å²) in [6, 6.07) is 35.7. The van der Waals surface area contributed by atoms with Crippen LogP contribution in [0.15, 0.2) is 113 Å². The van der Waals surface area contributed by atoms with Crippen LogP contribution in [0.25, 0.3) is 5.69 Å². The fraction of sp³-hybridized carbons (Fsp3) is 0.171. The van der Waals surface area contributed by atoms with Crippen molar-refractivity contribution in [3.05, 3.63) is 131 Å². The van der Waals surface area contributed by atoms with Gasteiger partial charge in [-0.3, -0.25) is 0 Å². The Hall–Kier alpha value is -4.97. The first-order chi connectivity index (χ1) is 20.0. The van der Waals surface area contributed by atoms with Crippen LogP contribution in [-0.4, -0.2) is 21.5 Å². The van der Waals surface area contributed by atoms with Gasteiger partial charge in [0, 0.05) is 5.56 Å². The van der Waals surface area contributed by atoms with Gasteiger partial charge in [-0.25, -0.2) is 14.7 Å². The second-order valence-electron chi connectivity index (χ2n) is 11.0. The number of aryl methyl sites for hydroxylation is 2. The first-order valence-corrected chi connectivity index (χ1v) is 14.1. The minimum atomic E-state index is -0.138. The Balaban J connectivity index is 1.52. The summed E-state index contributed by atoms with van der Waals surface area (Å²) in [5.41, 5.74) is 9.61. The van der Waals surface area contributed by atoms with Gasteiger partial charge in [0.15, 0.2) is 17.5 Å². The highest BCUT2D eigenvalue weighted by Gasteiger charge is 2.41. The molecule has 1 aromatic heterocycles. The summed E-state index contributed by atoms with van der Waals surface area (Å²) in [6.45, 7) is 8.63. The van der Waals surface area contributed by atoms with E-state index < -0.39 is 0 Å². The van der Waals surface area contributed by atoms with Crippen LogP contribution in [-0.2, 0) is 0 Å². The fourth-order valence-electron chi connectivity index (χ4n) is 5.77. The van der Waals surface area contributed by atoms with Gasteiger partial charge < -0.3 is 10.2 Å². The SMILES string of the molecule is Cc1ccccc1N=C1Nc2ccccc2N2C1=Nc1c(c(C)nn1-c1ccccc1)C2c1ccc(C(C)C)cc1. The predicted molar refractivity (Wildman–Crippen MR) is 169 cm³/mol. The Morgan fingerprint density at radius 1 is 0.805 bits per heavy atom. The molecule has 6 heteroatoms. The third kappa shape index (κ3) is 4.23. The molecule has 6 nitrogen and oxygen atoms in total. The smallest absolute Gasteiger partial charge is 0.179 e. The van der Waals surface area contributed by atoms with Crippen molar-refractivity contribution >= 4 is 34.6 Å². The van der Waals surface area contributed by atoms with Gasteiger partial charge in [0.25, 0.3) is 0 Å². The largest absolute Gasteiger partial charge is 0.335 e. The number of nitrogens with zero attached hydrogens (tertiary/aromatic N) is 5. The van der Waals surface area contributed by atoms with Crippen LogP contribution in [0.2, 0.25) is 0 Å². The van der Waals surface area contributed by atoms with Crippen LogP contribution in [0.1, 0.15) is 53.8 Å². The lowest BCUT2D eigenvalue weighted by atomic mass is 9.91. The molecule has 0 fully saturated rings. The van der Waals surface area contributed by atoms with Gasteiger partial charge in [0.2, 0.25) is 0 Å². The van der Waals surface area contributed by atoms with Crippen LogP contribution in [0.4, 0.5) is 22.9 Å². The van der Waals surface area contributed by atoms with E-state index in [1.165, 1.54) is 11.1 Å². The molecule has 0 radical (unpaired) electrons. The normalized spacial score (nSPS) is 16.6. The van der Waals surface area contributed by atoms with E-state index >= 15 is 0 Å². The van der Waals surface area contributed by atoms with E-state index in [2.05, 4.69) is 105 Å². The van der Waals surface area contributed by atoms with Gasteiger partial charge in [-0.2, -0.15) is 5.10 Å². The van der Waals surface area contributed by atoms with Crippen LogP contribution in [0, 0.1) is 13.8 Å². The highest BCUT2D eigenvalue weighted by atomic mass is 15.4. The zero-order chi connectivity index (χ0) is 28.1. The van der Waals surface area contributed by atoms with Crippen molar-refractivity contribution in [3.8, 4) is 5.69 Å². The van der Waals surface area contributed by atoms with E-state index in [0.717, 1.165) is 51.2 Å². The standard InChI is InChI=1S/C35H32N6/c1-22(2)25-18-20-26(21-19-25)32-31-24(4)39-41(27-13-6-5-7-14-27)34(31)38-35-33(36-28-15-9-8-12-23(28)3)37-29-16-10-11-17-30(29)40(32)35/h5-22,32H,1-4H3,(H,36,37). The molecule has 0 saturated heterocycles. The Labute approximate surface area is 240 Å². The Morgan fingerprint density at radius 2 is 1.51 bits per heavy atom. The minimum Gasteiger partial charge on any atom is -0.335 e. The Morgan fingerprint density at radius 3 is 2.27 bits per heavy atom. The van der Waals surface area contributed by atoms with Crippen LogP contribution >= 0.6 is 0 Å². The number of rotatable bonds is 4. The van der Waals surface area contributed by atoms with Gasteiger partial charge in [0.1, 0.15) is 0 Å². The van der Waals surface area contributed by atoms with Crippen molar-refractivity contribution in [1.29, 1.82) is 0 Å². The molecule has 7 rings (SSSR count). The number of anilines is 2. The van der Waals surface area contributed by atoms with E-state index in [-0.39, 0.29) is 6.04 Å². The van der Waals surface area contributed by atoms with Crippen molar-refractivity contribution in [2.75, 3.05) is 10.2 Å². The monoisotopic (exact) mass is 536 g/mol. The first-order valence-electron chi connectivity index (χ1n) is 14.1. The maximum absolute atomic E-state index is 5.34. The third-order valence-electron chi connectivity index (χ3n) is 7.95. The molecule has 0 aliphatic carbocycles. The summed E-state index contributed by atoms with van der Waals surface area (Å²) in [5, 5.41) is 8.66. The lowest BCUT2D eigenvalue weighted by molar-refractivity contribution is 0.811. The van der Waals surface area contributed by atoms with Gasteiger partial charge in [-0.1, -0.05) is 86.6 Å². The second-order valence-corrected chi connectivity index (χ2v) is 11.0. The quantitative estimate of drug-likeness (QED) is 0.251. The van der Waals surface area contributed by atoms with Crippen molar-refractivity contribution in [1.82, 2.24) is 9.78 Å².